The van der Waals surface area contributed by atoms with Crippen molar-refractivity contribution in [2.24, 2.45) is 0 Å². The molecular weight excluding hydrogens is 217 g/mol. The van der Waals surface area contributed by atoms with Crippen molar-refractivity contribution in [3.8, 4) is 5.75 Å². The third-order valence-corrected chi connectivity index (χ3v) is 3.38. The monoisotopic (exact) mass is 237 g/mol. The van der Waals surface area contributed by atoms with Crippen LogP contribution in [0.15, 0.2) is 24.3 Å². The maximum atomic E-state index is 14.2. The van der Waals surface area contributed by atoms with Gasteiger partial charge in [-0.15, -0.1) is 0 Å². The number of hydrogen-bond donors (Lipinski definition) is 1. The van der Waals surface area contributed by atoms with Gasteiger partial charge in [0, 0.05) is 11.6 Å². The van der Waals surface area contributed by atoms with Crippen LogP contribution in [0.5, 0.6) is 5.75 Å². The van der Waals surface area contributed by atoms with Gasteiger partial charge in [0.1, 0.15) is 11.9 Å². The smallest absolute Gasteiger partial charge is 0.130 e. The van der Waals surface area contributed by atoms with E-state index in [1.54, 1.807) is 7.11 Å². The number of benzene rings is 1. The van der Waals surface area contributed by atoms with E-state index in [0.717, 1.165) is 13.0 Å². The van der Waals surface area contributed by atoms with Gasteiger partial charge in [-0.3, -0.25) is 0 Å². The zero-order chi connectivity index (χ0) is 12.1. The second kappa shape index (κ2) is 6.01. The highest BCUT2D eigenvalue weighted by molar-refractivity contribution is 5.35. The van der Waals surface area contributed by atoms with Gasteiger partial charge in [-0.1, -0.05) is 24.6 Å². The minimum atomic E-state index is -0.943. The fourth-order valence-corrected chi connectivity index (χ4v) is 2.43. The van der Waals surface area contributed by atoms with Crippen LogP contribution in [0.2, 0.25) is 0 Å². The van der Waals surface area contributed by atoms with Crippen LogP contribution >= 0.6 is 0 Å². The van der Waals surface area contributed by atoms with E-state index in [4.69, 9.17) is 4.74 Å². The van der Waals surface area contributed by atoms with E-state index in [9.17, 15) is 4.39 Å². The fourth-order valence-electron chi connectivity index (χ4n) is 2.43. The van der Waals surface area contributed by atoms with Gasteiger partial charge in [0.25, 0.3) is 0 Å². The van der Waals surface area contributed by atoms with E-state index in [1.807, 2.05) is 24.3 Å². The molecule has 0 amide bonds. The SMILES string of the molecule is COc1ccccc1C(F)CC1CCCCN1. The van der Waals surface area contributed by atoms with Gasteiger partial charge in [0.05, 0.1) is 7.11 Å². The molecule has 0 aliphatic carbocycles. The predicted molar refractivity (Wildman–Crippen MR) is 67.1 cm³/mol. The third kappa shape index (κ3) is 3.19. The molecule has 3 heteroatoms. The van der Waals surface area contributed by atoms with Gasteiger partial charge >= 0.3 is 0 Å². The van der Waals surface area contributed by atoms with Crippen LogP contribution in [0.25, 0.3) is 0 Å². The summed E-state index contributed by atoms with van der Waals surface area (Å²) >= 11 is 0. The Morgan fingerprint density at radius 1 is 1.41 bits per heavy atom. The summed E-state index contributed by atoms with van der Waals surface area (Å²) in [7, 11) is 1.59. The van der Waals surface area contributed by atoms with E-state index in [1.165, 1.54) is 12.8 Å². The molecule has 2 rings (SSSR count). The fraction of sp³-hybridized carbons (Fsp3) is 0.571. The minimum absolute atomic E-state index is 0.309. The zero-order valence-electron chi connectivity index (χ0n) is 10.3. The highest BCUT2D eigenvalue weighted by Gasteiger charge is 2.21. The average molecular weight is 237 g/mol. The molecule has 0 aromatic heterocycles. The predicted octanol–water partition coefficient (Wildman–Crippen LogP) is 3.24. The highest BCUT2D eigenvalue weighted by atomic mass is 19.1. The van der Waals surface area contributed by atoms with E-state index >= 15 is 0 Å². The van der Waals surface area contributed by atoms with E-state index < -0.39 is 6.17 Å². The summed E-state index contributed by atoms with van der Waals surface area (Å²) in [5.74, 6) is 0.649. The van der Waals surface area contributed by atoms with Crippen LogP contribution < -0.4 is 10.1 Å². The normalized spacial score (nSPS) is 22.1. The van der Waals surface area contributed by atoms with Crippen molar-refractivity contribution in [2.45, 2.75) is 37.9 Å². The van der Waals surface area contributed by atoms with Gasteiger partial charge in [0.2, 0.25) is 0 Å². The molecule has 1 N–H and O–H groups in total. The molecule has 2 atom stereocenters. The first-order valence-corrected chi connectivity index (χ1v) is 6.31. The van der Waals surface area contributed by atoms with Crippen molar-refractivity contribution in [1.82, 2.24) is 5.32 Å². The third-order valence-electron chi connectivity index (χ3n) is 3.38. The Morgan fingerprint density at radius 2 is 2.24 bits per heavy atom. The summed E-state index contributed by atoms with van der Waals surface area (Å²) in [4.78, 5) is 0. The summed E-state index contributed by atoms with van der Waals surface area (Å²) in [6.45, 7) is 1.02. The van der Waals surface area contributed by atoms with Gasteiger partial charge < -0.3 is 10.1 Å². The first kappa shape index (κ1) is 12.4. The highest BCUT2D eigenvalue weighted by Crippen LogP contribution is 2.31. The lowest BCUT2D eigenvalue weighted by atomic mass is 9.96. The standard InChI is InChI=1S/C14H20FNO/c1-17-14-8-3-2-7-12(14)13(15)10-11-6-4-5-9-16-11/h2-3,7-8,11,13,16H,4-6,9-10H2,1H3. The molecule has 0 bridgehead atoms. The van der Waals surface area contributed by atoms with Crippen molar-refractivity contribution < 1.29 is 9.13 Å². The van der Waals surface area contributed by atoms with Crippen molar-refractivity contribution in [3.63, 3.8) is 0 Å². The first-order chi connectivity index (χ1) is 8.31. The summed E-state index contributed by atoms with van der Waals surface area (Å²) in [6, 6.07) is 7.67. The van der Waals surface area contributed by atoms with Crippen LogP contribution in [0.1, 0.15) is 37.4 Å². The molecule has 94 valence electrons. The molecule has 1 saturated heterocycles. The Labute approximate surface area is 102 Å². The number of rotatable bonds is 4. The summed E-state index contributed by atoms with van der Waals surface area (Å²) in [6.07, 6.45) is 3.09. The second-order valence-corrected chi connectivity index (χ2v) is 4.59. The molecule has 1 fully saturated rings. The van der Waals surface area contributed by atoms with Crippen LogP contribution in [-0.4, -0.2) is 19.7 Å². The number of hydrogen-bond acceptors (Lipinski definition) is 2. The average Bonchev–Trinajstić information content (AvgIpc) is 2.40. The van der Waals surface area contributed by atoms with Crippen molar-refractivity contribution in [2.75, 3.05) is 13.7 Å². The van der Waals surface area contributed by atoms with Crippen LogP contribution in [-0.2, 0) is 0 Å². The van der Waals surface area contributed by atoms with Gasteiger partial charge in [0.15, 0.2) is 0 Å². The Hall–Kier alpha value is -1.09. The quantitative estimate of drug-likeness (QED) is 0.868. The number of para-hydroxylation sites is 1. The maximum Gasteiger partial charge on any atom is 0.130 e. The zero-order valence-corrected chi connectivity index (χ0v) is 10.3. The van der Waals surface area contributed by atoms with Gasteiger partial charge in [-0.05, 0) is 31.9 Å². The lowest BCUT2D eigenvalue weighted by Gasteiger charge is -2.25. The molecule has 0 spiro atoms. The number of halogens is 1. The minimum Gasteiger partial charge on any atom is -0.496 e. The van der Waals surface area contributed by atoms with Gasteiger partial charge in [-0.25, -0.2) is 4.39 Å². The maximum absolute atomic E-state index is 14.2. The molecule has 0 saturated carbocycles. The summed E-state index contributed by atoms with van der Waals surface area (Å²) < 4.78 is 19.4. The van der Waals surface area contributed by atoms with Crippen molar-refractivity contribution in [3.05, 3.63) is 29.8 Å². The number of ether oxygens (including phenoxy) is 1. The van der Waals surface area contributed by atoms with E-state index in [-0.39, 0.29) is 0 Å². The number of alkyl halides is 1. The van der Waals surface area contributed by atoms with Crippen LogP contribution in [0.4, 0.5) is 4.39 Å². The Balaban J connectivity index is 2.00. The molecule has 1 aliphatic heterocycles. The summed E-state index contributed by atoms with van der Waals surface area (Å²) in [5.41, 5.74) is 0.669. The summed E-state index contributed by atoms with van der Waals surface area (Å²) in [5, 5.41) is 3.38. The largest absolute Gasteiger partial charge is 0.496 e. The topological polar surface area (TPSA) is 21.3 Å². The molecule has 1 heterocycles. The molecule has 1 aromatic carbocycles. The Morgan fingerprint density at radius 3 is 2.94 bits per heavy atom. The van der Waals surface area contributed by atoms with Crippen molar-refractivity contribution in [1.29, 1.82) is 0 Å². The number of piperidine rings is 1. The Bertz CT molecular complexity index is 350. The first-order valence-electron chi connectivity index (χ1n) is 6.31. The molecule has 0 radical (unpaired) electrons. The van der Waals surface area contributed by atoms with E-state index in [2.05, 4.69) is 5.32 Å². The van der Waals surface area contributed by atoms with Gasteiger partial charge in [-0.2, -0.15) is 0 Å². The Kier molecular flexibility index (Phi) is 4.37. The molecule has 1 aromatic rings. The van der Waals surface area contributed by atoms with E-state index in [0.29, 0.717) is 23.8 Å². The number of nitrogens with one attached hydrogen (secondary N) is 1. The molecule has 2 nitrogen and oxygen atoms in total. The molecule has 2 unspecified atom stereocenters. The molecule has 1 aliphatic rings. The lowest BCUT2D eigenvalue weighted by molar-refractivity contribution is 0.254. The van der Waals surface area contributed by atoms with Crippen molar-refractivity contribution >= 4 is 0 Å². The second-order valence-electron chi connectivity index (χ2n) is 4.59. The molecular formula is C14H20FNO. The molecule has 17 heavy (non-hydrogen) atoms. The number of methoxy groups -OCH3 is 1. The lowest BCUT2D eigenvalue weighted by Crippen LogP contribution is -2.34. The van der Waals surface area contributed by atoms with Crippen LogP contribution in [0.3, 0.4) is 0 Å². The van der Waals surface area contributed by atoms with Crippen LogP contribution in [0, 0.1) is 0 Å².